The van der Waals surface area contributed by atoms with Crippen LogP contribution in [-0.2, 0) is 12.8 Å². The smallest absolute Gasteiger partial charge is 0.122 e. The van der Waals surface area contributed by atoms with Gasteiger partial charge in [0.15, 0.2) is 0 Å². The van der Waals surface area contributed by atoms with Crippen LogP contribution < -0.4 is 4.74 Å². The Hall–Kier alpha value is -1.49. The quantitative estimate of drug-likeness (QED) is 0.689. The van der Waals surface area contributed by atoms with Crippen LogP contribution in [0.25, 0.3) is 0 Å². The molecule has 80 valence electrons. The number of hydrogen-bond acceptors (Lipinski definition) is 2. The van der Waals surface area contributed by atoms with E-state index in [9.17, 15) is 0 Å². The molecule has 2 nitrogen and oxygen atoms in total. The van der Waals surface area contributed by atoms with Crippen molar-refractivity contribution in [2.24, 2.45) is 0 Å². The van der Waals surface area contributed by atoms with Gasteiger partial charge in [-0.15, -0.1) is 0 Å². The van der Waals surface area contributed by atoms with Gasteiger partial charge < -0.3 is 4.74 Å². The second-order valence-corrected chi connectivity index (χ2v) is 3.51. The zero-order valence-electron chi connectivity index (χ0n) is 9.42. The van der Waals surface area contributed by atoms with Crippen LogP contribution in [0.2, 0.25) is 0 Å². The van der Waals surface area contributed by atoms with E-state index < -0.39 is 0 Å². The first kappa shape index (κ1) is 11.6. The van der Waals surface area contributed by atoms with Gasteiger partial charge in [-0.3, -0.25) is 0 Å². The molecule has 0 fully saturated rings. The van der Waals surface area contributed by atoms with Crippen molar-refractivity contribution in [2.45, 2.75) is 32.6 Å². The lowest BCUT2D eigenvalue weighted by molar-refractivity contribution is 0.409. The average Bonchev–Trinajstić information content (AvgIpc) is 2.29. The second kappa shape index (κ2) is 6.08. The summed E-state index contributed by atoms with van der Waals surface area (Å²) in [6.45, 7) is 2.14. The molecule has 0 amide bonds. The van der Waals surface area contributed by atoms with Gasteiger partial charge in [0.25, 0.3) is 0 Å². The van der Waals surface area contributed by atoms with Gasteiger partial charge in [0.1, 0.15) is 5.75 Å². The summed E-state index contributed by atoms with van der Waals surface area (Å²) in [5.41, 5.74) is 2.54. The van der Waals surface area contributed by atoms with Gasteiger partial charge in [-0.1, -0.05) is 19.1 Å². The molecule has 0 radical (unpaired) electrons. The largest absolute Gasteiger partial charge is 0.496 e. The lowest BCUT2D eigenvalue weighted by Crippen LogP contribution is -1.94. The van der Waals surface area contributed by atoms with Gasteiger partial charge >= 0.3 is 0 Å². The predicted molar refractivity (Wildman–Crippen MR) is 60.9 cm³/mol. The summed E-state index contributed by atoms with van der Waals surface area (Å²) in [7, 11) is 1.69. The SMILES string of the molecule is CCc1ccc(OC)c(CCCC#N)c1. The molecule has 0 saturated carbocycles. The highest BCUT2D eigenvalue weighted by Gasteiger charge is 2.03. The van der Waals surface area contributed by atoms with E-state index >= 15 is 0 Å². The Kier molecular flexibility index (Phi) is 4.70. The van der Waals surface area contributed by atoms with Gasteiger partial charge in [-0.2, -0.15) is 5.26 Å². The van der Waals surface area contributed by atoms with Crippen molar-refractivity contribution in [3.63, 3.8) is 0 Å². The predicted octanol–water partition coefficient (Wildman–Crippen LogP) is 3.10. The maximum absolute atomic E-state index is 8.49. The maximum atomic E-state index is 8.49. The number of rotatable bonds is 5. The Morgan fingerprint density at radius 2 is 2.20 bits per heavy atom. The van der Waals surface area contributed by atoms with Gasteiger partial charge in [-0.05, 0) is 36.5 Å². The molecule has 0 atom stereocenters. The van der Waals surface area contributed by atoms with Crippen LogP contribution in [0, 0.1) is 11.3 Å². The molecule has 15 heavy (non-hydrogen) atoms. The number of aryl methyl sites for hydroxylation is 2. The van der Waals surface area contributed by atoms with E-state index in [-0.39, 0.29) is 0 Å². The molecule has 0 aliphatic rings. The molecule has 1 aromatic carbocycles. The van der Waals surface area contributed by atoms with Crippen LogP contribution in [0.4, 0.5) is 0 Å². The molecule has 0 unspecified atom stereocenters. The Labute approximate surface area is 91.5 Å². The van der Waals surface area contributed by atoms with Crippen molar-refractivity contribution < 1.29 is 4.74 Å². The molecular formula is C13H17NO. The molecule has 0 spiro atoms. The number of benzene rings is 1. The third-order valence-corrected chi connectivity index (χ3v) is 2.49. The van der Waals surface area contributed by atoms with Gasteiger partial charge in [0, 0.05) is 6.42 Å². The maximum Gasteiger partial charge on any atom is 0.122 e. The number of unbranched alkanes of at least 4 members (excludes halogenated alkanes) is 1. The van der Waals surface area contributed by atoms with Crippen LogP contribution in [-0.4, -0.2) is 7.11 Å². The van der Waals surface area contributed by atoms with Crippen LogP contribution in [0.3, 0.4) is 0 Å². The summed E-state index contributed by atoms with van der Waals surface area (Å²) in [6, 6.07) is 8.44. The summed E-state index contributed by atoms with van der Waals surface area (Å²) in [6.07, 6.45) is 3.47. The van der Waals surface area contributed by atoms with E-state index in [1.807, 2.05) is 6.07 Å². The number of methoxy groups -OCH3 is 1. The lowest BCUT2D eigenvalue weighted by atomic mass is 10.0. The van der Waals surface area contributed by atoms with Gasteiger partial charge in [0.05, 0.1) is 13.2 Å². The molecule has 0 aliphatic carbocycles. The van der Waals surface area contributed by atoms with Crippen molar-refractivity contribution in [1.82, 2.24) is 0 Å². The third-order valence-electron chi connectivity index (χ3n) is 2.49. The molecule has 0 aliphatic heterocycles. The van der Waals surface area contributed by atoms with E-state index in [1.165, 1.54) is 11.1 Å². The molecule has 0 aromatic heterocycles. The minimum atomic E-state index is 0.611. The first-order valence-corrected chi connectivity index (χ1v) is 5.34. The number of ether oxygens (including phenoxy) is 1. The average molecular weight is 203 g/mol. The van der Waals surface area contributed by atoms with Gasteiger partial charge in [-0.25, -0.2) is 0 Å². The molecule has 1 rings (SSSR count). The Morgan fingerprint density at radius 1 is 1.40 bits per heavy atom. The third kappa shape index (κ3) is 3.28. The molecule has 0 N–H and O–H groups in total. The lowest BCUT2D eigenvalue weighted by Gasteiger charge is -2.09. The molecular weight excluding hydrogens is 186 g/mol. The number of hydrogen-bond donors (Lipinski definition) is 0. The van der Waals surface area contributed by atoms with Crippen molar-refractivity contribution in [3.05, 3.63) is 29.3 Å². The minimum Gasteiger partial charge on any atom is -0.496 e. The summed E-state index contributed by atoms with van der Waals surface area (Å²) >= 11 is 0. The summed E-state index contributed by atoms with van der Waals surface area (Å²) in [5.74, 6) is 0.935. The Balaban J connectivity index is 2.77. The zero-order valence-corrected chi connectivity index (χ0v) is 9.42. The molecule has 2 heteroatoms. The number of nitrogens with zero attached hydrogens (tertiary/aromatic N) is 1. The van der Waals surface area contributed by atoms with Crippen LogP contribution in [0.1, 0.15) is 30.9 Å². The monoisotopic (exact) mass is 203 g/mol. The van der Waals surface area contributed by atoms with E-state index in [1.54, 1.807) is 7.11 Å². The van der Waals surface area contributed by atoms with E-state index in [4.69, 9.17) is 10.00 Å². The highest BCUT2D eigenvalue weighted by Crippen LogP contribution is 2.22. The number of nitriles is 1. The zero-order chi connectivity index (χ0) is 11.1. The minimum absolute atomic E-state index is 0.611. The standard InChI is InChI=1S/C13H17NO/c1-3-11-7-8-13(15-2)12(10-11)6-4-5-9-14/h7-8,10H,3-6H2,1-2H3. The Bertz CT molecular complexity index is 352. The topological polar surface area (TPSA) is 33.0 Å². The fraction of sp³-hybridized carbons (Fsp3) is 0.462. The summed E-state index contributed by atoms with van der Waals surface area (Å²) < 4.78 is 5.29. The first-order chi connectivity index (χ1) is 7.31. The van der Waals surface area contributed by atoms with Crippen LogP contribution in [0.5, 0.6) is 5.75 Å². The summed E-state index contributed by atoms with van der Waals surface area (Å²) in [5, 5.41) is 8.49. The van der Waals surface area contributed by atoms with Crippen molar-refractivity contribution in [3.8, 4) is 11.8 Å². The van der Waals surface area contributed by atoms with Crippen molar-refractivity contribution in [2.75, 3.05) is 7.11 Å². The van der Waals surface area contributed by atoms with Crippen LogP contribution >= 0.6 is 0 Å². The highest BCUT2D eigenvalue weighted by molar-refractivity contribution is 5.37. The highest BCUT2D eigenvalue weighted by atomic mass is 16.5. The summed E-state index contributed by atoms with van der Waals surface area (Å²) in [4.78, 5) is 0. The van der Waals surface area contributed by atoms with Crippen molar-refractivity contribution in [1.29, 1.82) is 5.26 Å². The molecule has 0 heterocycles. The molecule has 0 saturated heterocycles. The van der Waals surface area contributed by atoms with E-state index in [2.05, 4.69) is 25.1 Å². The molecule has 0 bridgehead atoms. The Morgan fingerprint density at radius 3 is 2.80 bits per heavy atom. The normalized spacial score (nSPS) is 9.67. The second-order valence-electron chi connectivity index (χ2n) is 3.51. The first-order valence-electron chi connectivity index (χ1n) is 5.34. The van der Waals surface area contributed by atoms with Crippen molar-refractivity contribution >= 4 is 0 Å². The molecule has 1 aromatic rings. The fourth-order valence-corrected chi connectivity index (χ4v) is 1.61. The van der Waals surface area contributed by atoms with Crippen LogP contribution in [0.15, 0.2) is 18.2 Å². The van der Waals surface area contributed by atoms with Gasteiger partial charge in [0.2, 0.25) is 0 Å². The van der Waals surface area contributed by atoms with E-state index in [0.29, 0.717) is 6.42 Å². The fourth-order valence-electron chi connectivity index (χ4n) is 1.61. The van der Waals surface area contributed by atoms with E-state index in [0.717, 1.165) is 25.0 Å².